The van der Waals surface area contributed by atoms with Crippen molar-refractivity contribution in [3.63, 3.8) is 0 Å². The highest BCUT2D eigenvalue weighted by Gasteiger charge is 2.14. The third-order valence-electron chi connectivity index (χ3n) is 3.89. The predicted octanol–water partition coefficient (Wildman–Crippen LogP) is 4.16. The Morgan fingerprint density at radius 3 is 2.48 bits per heavy atom. The van der Waals surface area contributed by atoms with Gasteiger partial charge in [0.15, 0.2) is 0 Å². The van der Waals surface area contributed by atoms with Crippen LogP contribution in [0.4, 0.5) is 0 Å². The number of benzene rings is 1. The highest BCUT2D eigenvalue weighted by atomic mass is 16.1. The van der Waals surface area contributed by atoms with E-state index < -0.39 is 0 Å². The molecule has 3 nitrogen and oxygen atoms in total. The molecule has 0 atom stereocenters. The van der Waals surface area contributed by atoms with Crippen LogP contribution in [0.3, 0.4) is 0 Å². The van der Waals surface area contributed by atoms with Crippen molar-refractivity contribution in [1.29, 1.82) is 0 Å². The van der Waals surface area contributed by atoms with E-state index in [-0.39, 0.29) is 5.56 Å². The van der Waals surface area contributed by atoms with Crippen LogP contribution in [0.5, 0.6) is 0 Å². The Morgan fingerprint density at radius 1 is 1.10 bits per heavy atom. The molecule has 0 aliphatic rings. The van der Waals surface area contributed by atoms with Crippen molar-refractivity contribution in [2.75, 3.05) is 0 Å². The number of aromatic amines is 1. The standard InChI is InChI=1S/C18H26N2O/c1-4-6-11-16-17(12-7-5-2)19-20(18(16)21)15-10-8-9-14(3)13-15/h8-10,13,19H,4-7,11-12H2,1-3H3. The maximum atomic E-state index is 12.7. The van der Waals surface area contributed by atoms with Gasteiger partial charge in [-0.1, -0.05) is 38.8 Å². The topological polar surface area (TPSA) is 37.8 Å². The number of aromatic nitrogens is 2. The average Bonchev–Trinajstić information content (AvgIpc) is 2.79. The fourth-order valence-electron chi connectivity index (χ4n) is 2.64. The lowest BCUT2D eigenvalue weighted by Gasteiger charge is -2.03. The monoisotopic (exact) mass is 286 g/mol. The largest absolute Gasteiger partial charge is 0.295 e. The first-order valence-corrected chi connectivity index (χ1v) is 8.07. The molecule has 0 bridgehead atoms. The van der Waals surface area contributed by atoms with Crippen LogP contribution in [0.25, 0.3) is 5.69 Å². The number of hydrogen-bond donors (Lipinski definition) is 1. The van der Waals surface area contributed by atoms with Crippen LogP contribution >= 0.6 is 0 Å². The highest BCUT2D eigenvalue weighted by Crippen LogP contribution is 2.13. The van der Waals surface area contributed by atoms with E-state index in [9.17, 15) is 4.79 Å². The number of rotatable bonds is 7. The molecule has 2 aromatic rings. The molecule has 0 saturated heterocycles. The minimum atomic E-state index is 0.125. The van der Waals surface area contributed by atoms with Gasteiger partial charge in [-0.3, -0.25) is 9.89 Å². The second-order valence-corrected chi connectivity index (χ2v) is 5.76. The van der Waals surface area contributed by atoms with Crippen molar-refractivity contribution in [3.8, 4) is 5.69 Å². The van der Waals surface area contributed by atoms with Crippen molar-refractivity contribution in [1.82, 2.24) is 9.78 Å². The Bertz CT molecular complexity index is 637. The second-order valence-electron chi connectivity index (χ2n) is 5.76. The summed E-state index contributed by atoms with van der Waals surface area (Å²) in [5.74, 6) is 0. The zero-order valence-electron chi connectivity index (χ0n) is 13.4. The molecule has 0 saturated carbocycles. The van der Waals surface area contributed by atoms with E-state index >= 15 is 0 Å². The van der Waals surface area contributed by atoms with Crippen molar-refractivity contribution in [2.24, 2.45) is 0 Å². The average molecular weight is 286 g/mol. The molecule has 1 aromatic carbocycles. The number of aryl methyl sites for hydroxylation is 2. The molecule has 0 amide bonds. The van der Waals surface area contributed by atoms with E-state index in [0.29, 0.717) is 0 Å². The second kappa shape index (κ2) is 7.30. The van der Waals surface area contributed by atoms with Crippen LogP contribution in [-0.2, 0) is 12.8 Å². The summed E-state index contributed by atoms with van der Waals surface area (Å²) in [5.41, 5.74) is 4.32. The Balaban J connectivity index is 2.42. The molecule has 0 aliphatic heterocycles. The van der Waals surface area contributed by atoms with Gasteiger partial charge in [-0.15, -0.1) is 0 Å². The maximum Gasteiger partial charge on any atom is 0.274 e. The van der Waals surface area contributed by atoms with Gasteiger partial charge in [0, 0.05) is 11.3 Å². The van der Waals surface area contributed by atoms with Crippen LogP contribution in [0, 0.1) is 6.92 Å². The lowest BCUT2D eigenvalue weighted by atomic mass is 10.1. The molecule has 2 rings (SSSR count). The number of unbranched alkanes of at least 4 members (excludes halogenated alkanes) is 2. The summed E-state index contributed by atoms with van der Waals surface area (Å²) >= 11 is 0. The normalized spacial score (nSPS) is 11.0. The molecule has 1 N–H and O–H groups in total. The lowest BCUT2D eigenvalue weighted by Crippen LogP contribution is -2.17. The Morgan fingerprint density at radius 2 is 1.81 bits per heavy atom. The van der Waals surface area contributed by atoms with Gasteiger partial charge < -0.3 is 0 Å². The van der Waals surface area contributed by atoms with Crippen molar-refractivity contribution >= 4 is 0 Å². The van der Waals surface area contributed by atoms with Crippen LogP contribution in [-0.4, -0.2) is 9.78 Å². The SMILES string of the molecule is CCCCc1[nH]n(-c2cccc(C)c2)c(=O)c1CCCC. The molecule has 21 heavy (non-hydrogen) atoms. The maximum absolute atomic E-state index is 12.7. The van der Waals surface area contributed by atoms with Gasteiger partial charge in [0.25, 0.3) is 5.56 Å². The molecule has 114 valence electrons. The van der Waals surface area contributed by atoms with Crippen molar-refractivity contribution < 1.29 is 0 Å². The van der Waals surface area contributed by atoms with E-state index in [2.05, 4.69) is 18.9 Å². The van der Waals surface area contributed by atoms with Gasteiger partial charge in [0.1, 0.15) is 0 Å². The summed E-state index contributed by atoms with van der Waals surface area (Å²) in [6.07, 6.45) is 6.29. The molecule has 0 spiro atoms. The summed E-state index contributed by atoms with van der Waals surface area (Å²) in [4.78, 5) is 12.7. The smallest absolute Gasteiger partial charge is 0.274 e. The number of nitrogens with one attached hydrogen (secondary N) is 1. The first kappa shape index (κ1) is 15.6. The first-order valence-electron chi connectivity index (χ1n) is 8.07. The van der Waals surface area contributed by atoms with Gasteiger partial charge in [-0.05, 0) is 50.3 Å². The van der Waals surface area contributed by atoms with Gasteiger partial charge in [-0.25, -0.2) is 4.68 Å². The third kappa shape index (κ3) is 3.66. The zero-order valence-corrected chi connectivity index (χ0v) is 13.4. The van der Waals surface area contributed by atoms with Crippen LogP contribution in [0.1, 0.15) is 56.4 Å². The first-order chi connectivity index (χ1) is 10.2. The molecular formula is C18H26N2O. The zero-order chi connectivity index (χ0) is 15.2. The van der Waals surface area contributed by atoms with E-state index in [1.54, 1.807) is 4.68 Å². The van der Waals surface area contributed by atoms with E-state index in [4.69, 9.17) is 0 Å². The minimum Gasteiger partial charge on any atom is -0.295 e. The van der Waals surface area contributed by atoms with Gasteiger partial charge in [-0.2, -0.15) is 0 Å². The summed E-state index contributed by atoms with van der Waals surface area (Å²) in [5, 5.41) is 3.34. The molecule has 0 unspecified atom stereocenters. The molecular weight excluding hydrogens is 260 g/mol. The van der Waals surface area contributed by atoms with Gasteiger partial charge in [0.2, 0.25) is 0 Å². The van der Waals surface area contributed by atoms with Crippen molar-refractivity contribution in [2.45, 2.75) is 59.3 Å². The minimum absolute atomic E-state index is 0.125. The number of nitrogens with zero attached hydrogens (tertiary/aromatic N) is 1. The van der Waals surface area contributed by atoms with E-state index in [1.807, 2.05) is 31.2 Å². The summed E-state index contributed by atoms with van der Waals surface area (Å²) in [6, 6.07) is 8.08. The van der Waals surface area contributed by atoms with E-state index in [0.717, 1.165) is 55.5 Å². The molecule has 1 heterocycles. The Kier molecular flexibility index (Phi) is 5.43. The van der Waals surface area contributed by atoms with E-state index in [1.165, 1.54) is 5.56 Å². The summed E-state index contributed by atoms with van der Waals surface area (Å²) in [6.45, 7) is 6.40. The Labute approximate surface area is 127 Å². The molecule has 3 heteroatoms. The summed E-state index contributed by atoms with van der Waals surface area (Å²) in [7, 11) is 0. The summed E-state index contributed by atoms with van der Waals surface area (Å²) < 4.78 is 1.71. The fraction of sp³-hybridized carbons (Fsp3) is 0.500. The number of hydrogen-bond acceptors (Lipinski definition) is 1. The number of H-pyrrole nitrogens is 1. The molecule has 0 fully saturated rings. The fourth-order valence-corrected chi connectivity index (χ4v) is 2.64. The molecule has 1 aromatic heterocycles. The lowest BCUT2D eigenvalue weighted by molar-refractivity contribution is 0.737. The highest BCUT2D eigenvalue weighted by molar-refractivity contribution is 5.36. The third-order valence-corrected chi connectivity index (χ3v) is 3.89. The van der Waals surface area contributed by atoms with Gasteiger partial charge >= 0.3 is 0 Å². The van der Waals surface area contributed by atoms with Crippen molar-refractivity contribution in [3.05, 3.63) is 51.4 Å². The quantitative estimate of drug-likeness (QED) is 0.815. The van der Waals surface area contributed by atoms with Crippen LogP contribution < -0.4 is 5.56 Å². The van der Waals surface area contributed by atoms with Crippen LogP contribution in [0.15, 0.2) is 29.1 Å². The van der Waals surface area contributed by atoms with Crippen LogP contribution in [0.2, 0.25) is 0 Å². The predicted molar refractivity (Wildman–Crippen MR) is 88.4 cm³/mol. The Hall–Kier alpha value is -1.77. The molecule has 0 radical (unpaired) electrons. The molecule has 0 aliphatic carbocycles. The van der Waals surface area contributed by atoms with Gasteiger partial charge in [0.05, 0.1) is 5.69 Å².